The molecule has 0 aliphatic rings. The number of aromatic hydroxyl groups is 2. The Balaban J connectivity index is 3.30. The van der Waals surface area contributed by atoms with E-state index in [-0.39, 0.29) is 17.3 Å². The Labute approximate surface area is 79.6 Å². The van der Waals surface area contributed by atoms with Gasteiger partial charge >= 0.3 is 0 Å². The fourth-order valence-electron chi connectivity index (χ4n) is 1.38. The summed E-state index contributed by atoms with van der Waals surface area (Å²) in [5, 5.41) is 19.1. The molecule has 1 unspecified atom stereocenters. The molecule has 1 aromatic carbocycles. The zero-order chi connectivity index (χ0) is 10.0. The van der Waals surface area contributed by atoms with E-state index in [1.807, 2.05) is 6.92 Å². The molecular formula is C10H13BO2. The molecule has 0 aliphatic carbocycles. The second-order valence-corrected chi connectivity index (χ2v) is 3.15. The first kappa shape index (κ1) is 9.97. The Morgan fingerprint density at radius 2 is 2.00 bits per heavy atom. The van der Waals surface area contributed by atoms with E-state index >= 15 is 0 Å². The molecule has 0 fully saturated rings. The molecule has 1 aromatic rings. The maximum absolute atomic E-state index is 9.70. The number of hydrogen-bond donors (Lipinski definition) is 2. The molecule has 13 heavy (non-hydrogen) atoms. The lowest BCUT2D eigenvalue weighted by atomic mass is 9.81. The minimum atomic E-state index is -0.355. The molecule has 1 atom stereocenters. The van der Waals surface area contributed by atoms with Crippen molar-refractivity contribution in [1.29, 1.82) is 0 Å². The van der Waals surface area contributed by atoms with Gasteiger partial charge in [-0.15, -0.1) is 0 Å². The van der Waals surface area contributed by atoms with Crippen molar-refractivity contribution >= 4 is 7.85 Å². The van der Waals surface area contributed by atoms with Gasteiger partial charge in [0.1, 0.15) is 11.5 Å². The number of aryl methyl sites for hydroxylation is 1. The standard InChI is InChI=1S/C10H13BO2/c1-3-7-4-5-8(12)9(6(2)11)10(7)13/h4-6,12-13H,3H2,1-2H3. The predicted octanol–water partition coefficient (Wildman–Crippen LogP) is 1.89. The average Bonchev–Trinajstić information content (AvgIpc) is 2.04. The highest BCUT2D eigenvalue weighted by molar-refractivity contribution is 6.12. The summed E-state index contributed by atoms with van der Waals surface area (Å²) >= 11 is 0. The third kappa shape index (κ3) is 1.79. The third-order valence-corrected chi connectivity index (χ3v) is 2.11. The molecule has 0 aromatic heterocycles. The van der Waals surface area contributed by atoms with Gasteiger partial charge in [-0.3, -0.25) is 0 Å². The van der Waals surface area contributed by atoms with Gasteiger partial charge in [-0.25, -0.2) is 0 Å². The van der Waals surface area contributed by atoms with Gasteiger partial charge in [-0.05, 0) is 23.9 Å². The minimum Gasteiger partial charge on any atom is -0.508 e. The number of benzene rings is 1. The van der Waals surface area contributed by atoms with Gasteiger partial charge in [-0.1, -0.05) is 19.9 Å². The molecule has 0 amide bonds. The van der Waals surface area contributed by atoms with Crippen molar-refractivity contribution < 1.29 is 10.2 Å². The first-order chi connectivity index (χ1) is 6.07. The summed E-state index contributed by atoms with van der Waals surface area (Å²) in [5.41, 5.74) is 1.24. The lowest BCUT2D eigenvalue weighted by Gasteiger charge is -2.13. The summed E-state index contributed by atoms with van der Waals surface area (Å²) in [6, 6.07) is 3.27. The lowest BCUT2D eigenvalue weighted by molar-refractivity contribution is 0.434. The maximum Gasteiger partial charge on any atom is 0.125 e. The molecule has 0 saturated carbocycles. The van der Waals surface area contributed by atoms with Gasteiger partial charge in [0, 0.05) is 5.56 Å². The van der Waals surface area contributed by atoms with Crippen LogP contribution < -0.4 is 0 Å². The number of hydrogen-bond acceptors (Lipinski definition) is 2. The second kappa shape index (κ2) is 3.73. The summed E-state index contributed by atoms with van der Waals surface area (Å²) in [6.07, 6.45) is 0.728. The predicted molar refractivity (Wildman–Crippen MR) is 53.3 cm³/mol. The summed E-state index contributed by atoms with van der Waals surface area (Å²) in [4.78, 5) is 0. The third-order valence-electron chi connectivity index (χ3n) is 2.11. The van der Waals surface area contributed by atoms with Crippen LogP contribution in [0.2, 0.25) is 0 Å². The fourth-order valence-corrected chi connectivity index (χ4v) is 1.38. The van der Waals surface area contributed by atoms with E-state index in [4.69, 9.17) is 7.85 Å². The van der Waals surface area contributed by atoms with E-state index in [9.17, 15) is 10.2 Å². The van der Waals surface area contributed by atoms with Crippen LogP contribution in [0.25, 0.3) is 0 Å². The number of phenolic OH excluding ortho intramolecular Hbond substituents is 2. The summed E-state index contributed by atoms with van der Waals surface area (Å²) in [6.45, 7) is 3.67. The Kier molecular flexibility index (Phi) is 2.86. The maximum atomic E-state index is 9.70. The van der Waals surface area contributed by atoms with Crippen LogP contribution in [-0.2, 0) is 6.42 Å². The molecule has 2 radical (unpaired) electrons. The molecule has 0 heterocycles. The molecule has 3 heteroatoms. The molecule has 0 aliphatic heterocycles. The zero-order valence-electron chi connectivity index (χ0n) is 7.91. The molecule has 2 nitrogen and oxygen atoms in total. The smallest absolute Gasteiger partial charge is 0.125 e. The van der Waals surface area contributed by atoms with Gasteiger partial charge in [0.15, 0.2) is 0 Å². The normalized spacial score (nSPS) is 12.8. The van der Waals surface area contributed by atoms with Crippen LogP contribution in [-0.4, -0.2) is 18.1 Å². The highest BCUT2D eigenvalue weighted by atomic mass is 16.3. The van der Waals surface area contributed by atoms with Crippen molar-refractivity contribution in [1.82, 2.24) is 0 Å². The SMILES string of the molecule is [B]C(C)c1c(O)ccc(CC)c1O. The van der Waals surface area contributed by atoms with Crippen molar-refractivity contribution in [3.63, 3.8) is 0 Å². The summed E-state index contributed by atoms with van der Waals surface area (Å²) in [7, 11) is 5.62. The average molecular weight is 176 g/mol. The number of phenols is 2. The van der Waals surface area contributed by atoms with Crippen molar-refractivity contribution in [3.8, 4) is 11.5 Å². The Hall–Kier alpha value is -1.12. The topological polar surface area (TPSA) is 40.5 Å². The monoisotopic (exact) mass is 176 g/mol. The van der Waals surface area contributed by atoms with Gasteiger partial charge in [0.05, 0.1) is 7.85 Å². The molecule has 68 valence electrons. The van der Waals surface area contributed by atoms with Crippen molar-refractivity contribution in [2.45, 2.75) is 26.1 Å². The fraction of sp³-hybridized carbons (Fsp3) is 0.400. The largest absolute Gasteiger partial charge is 0.508 e. The van der Waals surface area contributed by atoms with E-state index < -0.39 is 0 Å². The number of rotatable bonds is 2. The first-order valence-corrected chi connectivity index (χ1v) is 4.37. The van der Waals surface area contributed by atoms with Gasteiger partial charge in [-0.2, -0.15) is 0 Å². The molecule has 0 spiro atoms. The summed E-state index contributed by atoms with van der Waals surface area (Å²) in [5.74, 6) is -0.172. The Bertz CT molecular complexity index is 308. The van der Waals surface area contributed by atoms with Gasteiger partial charge in [0.25, 0.3) is 0 Å². The zero-order valence-corrected chi connectivity index (χ0v) is 7.91. The highest BCUT2D eigenvalue weighted by Gasteiger charge is 2.13. The van der Waals surface area contributed by atoms with Gasteiger partial charge < -0.3 is 10.2 Å². The van der Waals surface area contributed by atoms with Crippen LogP contribution >= 0.6 is 0 Å². The quantitative estimate of drug-likeness (QED) is 0.675. The van der Waals surface area contributed by atoms with E-state index in [0.717, 1.165) is 12.0 Å². The van der Waals surface area contributed by atoms with Crippen LogP contribution in [0.15, 0.2) is 12.1 Å². The molecule has 0 saturated heterocycles. The van der Waals surface area contributed by atoms with E-state index in [1.165, 1.54) is 0 Å². The first-order valence-electron chi connectivity index (χ1n) is 4.37. The van der Waals surface area contributed by atoms with Crippen molar-refractivity contribution in [2.75, 3.05) is 0 Å². The molecule has 2 N–H and O–H groups in total. The van der Waals surface area contributed by atoms with E-state index in [2.05, 4.69) is 0 Å². The van der Waals surface area contributed by atoms with Crippen molar-refractivity contribution in [2.24, 2.45) is 0 Å². The van der Waals surface area contributed by atoms with E-state index in [1.54, 1.807) is 19.1 Å². The summed E-state index contributed by atoms with van der Waals surface area (Å²) < 4.78 is 0. The van der Waals surface area contributed by atoms with Crippen LogP contribution in [0.3, 0.4) is 0 Å². The van der Waals surface area contributed by atoms with Crippen LogP contribution in [0, 0.1) is 0 Å². The minimum absolute atomic E-state index is 0.0599. The Morgan fingerprint density at radius 3 is 2.46 bits per heavy atom. The van der Waals surface area contributed by atoms with Gasteiger partial charge in [0.2, 0.25) is 0 Å². The van der Waals surface area contributed by atoms with Crippen LogP contribution in [0.4, 0.5) is 0 Å². The highest BCUT2D eigenvalue weighted by Crippen LogP contribution is 2.35. The van der Waals surface area contributed by atoms with Crippen LogP contribution in [0.5, 0.6) is 11.5 Å². The second-order valence-electron chi connectivity index (χ2n) is 3.15. The molecule has 0 bridgehead atoms. The molecule has 1 rings (SSSR count). The molecular weight excluding hydrogens is 163 g/mol. The van der Waals surface area contributed by atoms with E-state index in [0.29, 0.717) is 5.56 Å². The lowest BCUT2D eigenvalue weighted by Crippen LogP contribution is -1.96. The Morgan fingerprint density at radius 1 is 1.38 bits per heavy atom. The van der Waals surface area contributed by atoms with Crippen molar-refractivity contribution in [3.05, 3.63) is 23.3 Å². The van der Waals surface area contributed by atoms with Crippen LogP contribution in [0.1, 0.15) is 30.8 Å².